The second-order valence-corrected chi connectivity index (χ2v) is 6.78. The fourth-order valence-electron chi connectivity index (χ4n) is 3.08. The van der Waals surface area contributed by atoms with Gasteiger partial charge in [0.1, 0.15) is 5.82 Å². The Morgan fingerprint density at radius 2 is 1.73 bits per heavy atom. The zero-order valence-corrected chi connectivity index (χ0v) is 14.7. The lowest BCUT2D eigenvalue weighted by atomic mass is 9.96. The maximum absolute atomic E-state index is 13.2. The highest BCUT2D eigenvalue weighted by Crippen LogP contribution is 2.30. The third-order valence-corrected chi connectivity index (χ3v) is 4.55. The molecule has 1 aromatic carbocycles. The lowest BCUT2D eigenvalue weighted by Gasteiger charge is -2.23. The van der Waals surface area contributed by atoms with Gasteiger partial charge in [0, 0.05) is 18.7 Å². The summed E-state index contributed by atoms with van der Waals surface area (Å²) in [4.78, 5) is 7.92. The highest BCUT2D eigenvalue weighted by Gasteiger charge is 2.34. The number of halogens is 3. The van der Waals surface area contributed by atoms with Gasteiger partial charge < -0.3 is 10.6 Å². The third kappa shape index (κ3) is 5.09. The molecule has 0 radical (unpaired) electrons. The molecular weight excluding hydrogens is 341 g/mol. The molecule has 140 valence electrons. The molecule has 1 aliphatic carbocycles. The van der Waals surface area contributed by atoms with Crippen LogP contribution in [0.2, 0.25) is 0 Å². The summed E-state index contributed by atoms with van der Waals surface area (Å²) < 4.78 is 39.6. The molecule has 1 saturated carbocycles. The van der Waals surface area contributed by atoms with Gasteiger partial charge in [0.25, 0.3) is 0 Å². The van der Waals surface area contributed by atoms with E-state index >= 15 is 0 Å². The highest BCUT2D eigenvalue weighted by molar-refractivity contribution is 5.44. The van der Waals surface area contributed by atoms with E-state index in [-0.39, 0.29) is 17.8 Å². The lowest BCUT2D eigenvalue weighted by molar-refractivity contribution is -0.141. The zero-order valence-electron chi connectivity index (χ0n) is 14.7. The van der Waals surface area contributed by atoms with Crippen LogP contribution in [0.25, 0.3) is 0 Å². The van der Waals surface area contributed by atoms with Gasteiger partial charge in [-0.05, 0) is 25.3 Å². The number of anilines is 2. The Kier molecular flexibility index (Phi) is 5.64. The molecule has 0 aliphatic heterocycles. The maximum atomic E-state index is 13.2. The summed E-state index contributed by atoms with van der Waals surface area (Å²) in [6.07, 6.45) is 0.693. The molecule has 1 fully saturated rings. The summed E-state index contributed by atoms with van der Waals surface area (Å²) in [5.74, 6) is 0.212. The third-order valence-electron chi connectivity index (χ3n) is 4.55. The summed E-state index contributed by atoms with van der Waals surface area (Å²) in [7, 11) is 0. The predicted molar refractivity (Wildman–Crippen MR) is 96.0 cm³/mol. The summed E-state index contributed by atoms with van der Waals surface area (Å²) in [6.45, 7) is 2.39. The van der Waals surface area contributed by atoms with Gasteiger partial charge in [0.05, 0.1) is 0 Å². The molecule has 3 rings (SSSR count). The van der Waals surface area contributed by atoms with Gasteiger partial charge in [-0.2, -0.15) is 18.2 Å². The van der Waals surface area contributed by atoms with Crippen LogP contribution in [0.3, 0.4) is 0 Å². The van der Waals surface area contributed by atoms with Gasteiger partial charge in [-0.25, -0.2) is 4.98 Å². The Morgan fingerprint density at radius 3 is 2.38 bits per heavy atom. The number of benzene rings is 1. The minimum Gasteiger partial charge on any atom is -0.366 e. The van der Waals surface area contributed by atoms with Gasteiger partial charge in [-0.3, -0.25) is 0 Å². The summed E-state index contributed by atoms with van der Waals surface area (Å²) in [5, 5.41) is 6.06. The summed E-state index contributed by atoms with van der Waals surface area (Å²) in [6, 6.07) is 8.91. The molecule has 0 atom stereocenters. The quantitative estimate of drug-likeness (QED) is 0.769. The van der Waals surface area contributed by atoms with Crippen molar-refractivity contribution in [3.05, 3.63) is 47.2 Å². The van der Waals surface area contributed by atoms with Crippen LogP contribution in [0.15, 0.2) is 30.3 Å². The SMILES string of the molecule is Cc1ccc(CNc2cc(C(F)(F)F)nc(NC3CCCCC3)n2)cc1. The average Bonchev–Trinajstić information content (AvgIpc) is 2.61. The van der Waals surface area contributed by atoms with Gasteiger partial charge in [0.2, 0.25) is 5.95 Å². The molecular formula is C19H23F3N4. The lowest BCUT2D eigenvalue weighted by Crippen LogP contribution is -2.24. The molecule has 1 aromatic heterocycles. The second-order valence-electron chi connectivity index (χ2n) is 6.78. The van der Waals surface area contributed by atoms with Crippen molar-refractivity contribution in [1.82, 2.24) is 9.97 Å². The van der Waals surface area contributed by atoms with E-state index in [0.29, 0.717) is 6.54 Å². The smallest absolute Gasteiger partial charge is 0.366 e. The molecule has 0 spiro atoms. The molecule has 0 unspecified atom stereocenters. The number of alkyl halides is 3. The van der Waals surface area contributed by atoms with E-state index in [0.717, 1.165) is 42.9 Å². The van der Waals surface area contributed by atoms with E-state index in [9.17, 15) is 13.2 Å². The second kappa shape index (κ2) is 7.93. The van der Waals surface area contributed by atoms with Crippen molar-refractivity contribution in [2.45, 2.75) is 57.8 Å². The number of aryl methyl sites for hydroxylation is 1. The molecule has 0 amide bonds. The number of hydrogen-bond donors (Lipinski definition) is 2. The van der Waals surface area contributed by atoms with Crippen LogP contribution in [0.1, 0.15) is 48.9 Å². The van der Waals surface area contributed by atoms with E-state index in [1.165, 1.54) is 6.42 Å². The zero-order chi connectivity index (χ0) is 18.6. The first-order valence-corrected chi connectivity index (χ1v) is 8.92. The van der Waals surface area contributed by atoms with E-state index in [1.54, 1.807) is 0 Å². The monoisotopic (exact) mass is 364 g/mol. The first kappa shape index (κ1) is 18.5. The van der Waals surface area contributed by atoms with Crippen molar-refractivity contribution in [2.75, 3.05) is 10.6 Å². The topological polar surface area (TPSA) is 49.8 Å². The van der Waals surface area contributed by atoms with Crippen molar-refractivity contribution in [1.29, 1.82) is 0 Å². The van der Waals surface area contributed by atoms with Crippen molar-refractivity contribution < 1.29 is 13.2 Å². The largest absolute Gasteiger partial charge is 0.433 e. The number of hydrogen-bond acceptors (Lipinski definition) is 4. The van der Waals surface area contributed by atoms with Crippen LogP contribution >= 0.6 is 0 Å². The van der Waals surface area contributed by atoms with Gasteiger partial charge >= 0.3 is 6.18 Å². The molecule has 2 N–H and O–H groups in total. The van der Waals surface area contributed by atoms with E-state index < -0.39 is 11.9 Å². The molecule has 0 saturated heterocycles. The van der Waals surface area contributed by atoms with Gasteiger partial charge in [-0.1, -0.05) is 49.1 Å². The number of aromatic nitrogens is 2. The standard InChI is InChI=1S/C19H23F3N4/c1-13-7-9-14(10-8-13)12-23-17-11-16(19(20,21)22)25-18(26-17)24-15-5-3-2-4-6-15/h7-11,15H,2-6,12H2,1H3,(H2,23,24,25,26). The number of nitrogens with one attached hydrogen (secondary N) is 2. The molecule has 0 bridgehead atoms. The van der Waals surface area contributed by atoms with E-state index in [1.807, 2.05) is 31.2 Å². The molecule has 7 heteroatoms. The Labute approximate surface area is 151 Å². The van der Waals surface area contributed by atoms with Gasteiger partial charge in [0.15, 0.2) is 5.69 Å². The minimum absolute atomic E-state index is 0.0399. The fourth-order valence-corrected chi connectivity index (χ4v) is 3.08. The summed E-state index contributed by atoms with van der Waals surface area (Å²) >= 11 is 0. The van der Waals surface area contributed by atoms with E-state index in [4.69, 9.17) is 0 Å². The van der Waals surface area contributed by atoms with Gasteiger partial charge in [-0.15, -0.1) is 0 Å². The van der Waals surface area contributed by atoms with Crippen LogP contribution < -0.4 is 10.6 Å². The molecule has 1 aliphatic rings. The predicted octanol–water partition coefficient (Wildman–Crippen LogP) is 5.16. The molecule has 1 heterocycles. The van der Waals surface area contributed by atoms with Crippen LogP contribution in [0, 0.1) is 6.92 Å². The van der Waals surface area contributed by atoms with Crippen molar-refractivity contribution in [2.24, 2.45) is 0 Å². The van der Waals surface area contributed by atoms with Crippen molar-refractivity contribution in [3.63, 3.8) is 0 Å². The maximum Gasteiger partial charge on any atom is 0.433 e. The Balaban J connectivity index is 1.76. The van der Waals surface area contributed by atoms with E-state index in [2.05, 4.69) is 20.6 Å². The van der Waals surface area contributed by atoms with Crippen LogP contribution in [-0.2, 0) is 12.7 Å². The van der Waals surface area contributed by atoms with Crippen LogP contribution in [0.4, 0.5) is 24.9 Å². The summed E-state index contributed by atoms with van der Waals surface area (Å²) in [5.41, 5.74) is 1.18. The normalized spacial score (nSPS) is 15.7. The van der Waals surface area contributed by atoms with Crippen LogP contribution in [0.5, 0.6) is 0 Å². The minimum atomic E-state index is -4.51. The average molecular weight is 364 g/mol. The Bertz CT molecular complexity index is 723. The molecule has 26 heavy (non-hydrogen) atoms. The Hall–Kier alpha value is -2.31. The van der Waals surface area contributed by atoms with Crippen LogP contribution in [-0.4, -0.2) is 16.0 Å². The first-order valence-electron chi connectivity index (χ1n) is 8.92. The Morgan fingerprint density at radius 1 is 1.04 bits per heavy atom. The number of nitrogens with zero attached hydrogens (tertiary/aromatic N) is 2. The fraction of sp³-hybridized carbons (Fsp3) is 0.474. The molecule has 4 nitrogen and oxygen atoms in total. The van der Waals surface area contributed by atoms with Crippen molar-refractivity contribution >= 4 is 11.8 Å². The van der Waals surface area contributed by atoms with Crippen molar-refractivity contribution in [3.8, 4) is 0 Å². The molecule has 2 aromatic rings. The number of rotatable bonds is 5. The first-order chi connectivity index (χ1) is 12.4. The highest BCUT2D eigenvalue weighted by atomic mass is 19.4.